The summed E-state index contributed by atoms with van der Waals surface area (Å²) < 4.78 is 5.06. The maximum Gasteiger partial charge on any atom is 0.341 e. The first kappa shape index (κ1) is 22.4. The molecule has 1 aromatic carbocycles. The summed E-state index contributed by atoms with van der Waals surface area (Å²) in [6, 6.07) is 8.54. The van der Waals surface area contributed by atoms with Crippen LogP contribution in [0.1, 0.15) is 42.3 Å². The summed E-state index contributed by atoms with van der Waals surface area (Å²) in [5, 5.41) is 5.19. The number of aryl methyl sites for hydroxylation is 2. The molecule has 0 atom stereocenters. The van der Waals surface area contributed by atoms with Crippen LogP contribution < -0.4 is 10.6 Å². The molecule has 154 valence electrons. The highest BCUT2D eigenvalue weighted by molar-refractivity contribution is 7.99. The van der Waals surface area contributed by atoms with Gasteiger partial charge in [-0.25, -0.2) is 14.6 Å². The van der Waals surface area contributed by atoms with Gasteiger partial charge in [0.1, 0.15) is 5.03 Å². The van der Waals surface area contributed by atoms with Crippen LogP contribution >= 0.6 is 11.8 Å². The van der Waals surface area contributed by atoms with Gasteiger partial charge in [-0.2, -0.15) is 0 Å². The van der Waals surface area contributed by atoms with E-state index in [1.165, 1.54) is 17.3 Å². The van der Waals surface area contributed by atoms with Gasteiger partial charge >= 0.3 is 12.0 Å². The molecule has 2 aromatic rings. The van der Waals surface area contributed by atoms with Crippen molar-refractivity contribution in [2.24, 2.45) is 0 Å². The predicted octanol–water partition coefficient (Wildman–Crippen LogP) is 3.63. The number of imide groups is 1. The lowest BCUT2D eigenvalue weighted by Gasteiger charge is -2.20. The first-order valence-electron chi connectivity index (χ1n) is 9.04. The third-order valence-electron chi connectivity index (χ3n) is 3.76. The van der Waals surface area contributed by atoms with E-state index in [-0.39, 0.29) is 5.56 Å². The highest BCUT2D eigenvalue weighted by atomic mass is 32.2. The van der Waals surface area contributed by atoms with E-state index in [9.17, 15) is 14.4 Å². The number of nitrogens with one attached hydrogen (secondary N) is 2. The summed E-state index contributed by atoms with van der Waals surface area (Å²) in [4.78, 5) is 41.2. The second kappa shape index (κ2) is 9.56. The number of aromatic nitrogens is 1. The van der Waals surface area contributed by atoms with Crippen LogP contribution in [0.5, 0.6) is 0 Å². The summed E-state index contributed by atoms with van der Waals surface area (Å²) in [5.41, 5.74) is 2.08. The van der Waals surface area contributed by atoms with Gasteiger partial charge < -0.3 is 10.1 Å². The number of carbonyl (C=O) groups is 3. The van der Waals surface area contributed by atoms with E-state index in [0.717, 1.165) is 10.5 Å². The van der Waals surface area contributed by atoms with Crippen LogP contribution in [0, 0.1) is 13.8 Å². The third-order valence-corrected chi connectivity index (χ3v) is 4.77. The van der Waals surface area contributed by atoms with E-state index < -0.39 is 30.1 Å². The molecule has 0 spiro atoms. The standard InChI is InChI=1S/C21H25N3O4S/c1-13-8-9-15(11-14(13)2)29-18-16(7-6-10-22-18)19(26)28-12-17(25)23-20(27)24-21(3,4)5/h6-11H,12H2,1-5H3,(H2,23,24,25,27). The van der Waals surface area contributed by atoms with Crippen LogP contribution in [0.4, 0.5) is 4.79 Å². The fourth-order valence-corrected chi connectivity index (χ4v) is 3.23. The molecule has 2 rings (SSSR count). The number of rotatable bonds is 5. The van der Waals surface area contributed by atoms with E-state index in [4.69, 9.17) is 4.74 Å². The largest absolute Gasteiger partial charge is 0.452 e. The Balaban J connectivity index is 2.00. The minimum atomic E-state index is -0.715. The minimum absolute atomic E-state index is 0.252. The van der Waals surface area contributed by atoms with E-state index in [0.29, 0.717) is 5.03 Å². The molecule has 0 aliphatic heterocycles. The summed E-state index contributed by atoms with van der Waals surface area (Å²) >= 11 is 1.34. The maximum atomic E-state index is 12.4. The Hall–Kier alpha value is -2.87. The number of urea groups is 1. The second-order valence-corrected chi connectivity index (χ2v) is 8.59. The van der Waals surface area contributed by atoms with Gasteiger partial charge in [0.05, 0.1) is 5.56 Å². The predicted molar refractivity (Wildman–Crippen MR) is 111 cm³/mol. The quantitative estimate of drug-likeness (QED) is 0.724. The molecule has 0 unspecified atom stereocenters. The van der Waals surface area contributed by atoms with E-state index in [1.807, 2.05) is 32.0 Å². The molecule has 0 bridgehead atoms. The number of nitrogens with zero attached hydrogens (tertiary/aromatic N) is 1. The molecular formula is C21H25N3O4S. The Kier molecular flexibility index (Phi) is 7.39. The van der Waals surface area contributed by atoms with Crippen LogP contribution in [0.25, 0.3) is 0 Å². The van der Waals surface area contributed by atoms with Crippen molar-refractivity contribution >= 4 is 29.7 Å². The smallest absolute Gasteiger partial charge is 0.341 e. The number of ether oxygens (including phenoxy) is 1. The highest BCUT2D eigenvalue weighted by Crippen LogP contribution is 2.30. The zero-order chi connectivity index (χ0) is 21.6. The SMILES string of the molecule is Cc1ccc(Sc2ncccc2C(=O)OCC(=O)NC(=O)NC(C)(C)C)cc1C. The monoisotopic (exact) mass is 415 g/mol. The summed E-state index contributed by atoms with van der Waals surface area (Å²) in [7, 11) is 0. The van der Waals surface area contributed by atoms with Crippen LogP contribution in [-0.4, -0.2) is 35.0 Å². The number of hydrogen-bond acceptors (Lipinski definition) is 6. The average Bonchev–Trinajstić information content (AvgIpc) is 2.61. The van der Waals surface area contributed by atoms with Crippen molar-refractivity contribution in [2.75, 3.05) is 6.61 Å². The Morgan fingerprint density at radius 2 is 1.83 bits per heavy atom. The number of hydrogen-bond donors (Lipinski definition) is 2. The lowest BCUT2D eigenvalue weighted by molar-refractivity contribution is -0.123. The van der Waals surface area contributed by atoms with Crippen molar-refractivity contribution in [3.63, 3.8) is 0 Å². The Bertz CT molecular complexity index is 922. The molecule has 2 N–H and O–H groups in total. The lowest BCUT2D eigenvalue weighted by atomic mass is 10.1. The summed E-state index contributed by atoms with van der Waals surface area (Å²) in [6.07, 6.45) is 1.59. The van der Waals surface area contributed by atoms with Crippen molar-refractivity contribution < 1.29 is 19.1 Å². The maximum absolute atomic E-state index is 12.4. The average molecular weight is 416 g/mol. The zero-order valence-electron chi connectivity index (χ0n) is 17.2. The fraction of sp³-hybridized carbons (Fsp3) is 0.333. The molecule has 3 amide bonds. The van der Waals surface area contributed by atoms with Gasteiger partial charge in [0.15, 0.2) is 6.61 Å². The molecule has 29 heavy (non-hydrogen) atoms. The number of amides is 3. The van der Waals surface area contributed by atoms with Gasteiger partial charge in [-0.1, -0.05) is 17.8 Å². The zero-order valence-corrected chi connectivity index (χ0v) is 18.0. The first-order valence-corrected chi connectivity index (χ1v) is 9.86. The normalized spacial score (nSPS) is 10.9. The molecular weight excluding hydrogens is 390 g/mol. The van der Waals surface area contributed by atoms with Crippen molar-refractivity contribution in [1.82, 2.24) is 15.6 Å². The van der Waals surface area contributed by atoms with Crippen molar-refractivity contribution in [3.8, 4) is 0 Å². The van der Waals surface area contributed by atoms with Gasteiger partial charge in [0, 0.05) is 16.6 Å². The third kappa shape index (κ3) is 7.23. The van der Waals surface area contributed by atoms with Gasteiger partial charge in [-0.15, -0.1) is 0 Å². The van der Waals surface area contributed by atoms with Crippen LogP contribution in [0.3, 0.4) is 0 Å². The Labute approximate surface area is 174 Å². The van der Waals surface area contributed by atoms with Crippen molar-refractivity contribution in [1.29, 1.82) is 0 Å². The van der Waals surface area contributed by atoms with Crippen LogP contribution in [-0.2, 0) is 9.53 Å². The molecule has 0 aliphatic rings. The van der Waals surface area contributed by atoms with Crippen molar-refractivity contribution in [3.05, 3.63) is 53.2 Å². The number of benzene rings is 1. The molecule has 1 aromatic heterocycles. The summed E-state index contributed by atoms with van der Waals surface area (Å²) in [6.45, 7) is 8.83. The van der Waals surface area contributed by atoms with Gasteiger partial charge in [0.2, 0.25) is 0 Å². The number of carbonyl (C=O) groups excluding carboxylic acids is 3. The molecule has 1 heterocycles. The number of pyridine rings is 1. The topological polar surface area (TPSA) is 97.4 Å². The molecule has 0 radical (unpaired) electrons. The fourth-order valence-electron chi connectivity index (χ4n) is 2.26. The second-order valence-electron chi connectivity index (χ2n) is 7.53. The van der Waals surface area contributed by atoms with Crippen LogP contribution in [0.15, 0.2) is 46.5 Å². The molecule has 0 fully saturated rings. The van der Waals surface area contributed by atoms with E-state index >= 15 is 0 Å². The molecule has 0 aliphatic carbocycles. The van der Waals surface area contributed by atoms with E-state index in [1.54, 1.807) is 39.1 Å². The molecule has 8 heteroatoms. The van der Waals surface area contributed by atoms with Gasteiger partial charge in [0.25, 0.3) is 5.91 Å². The van der Waals surface area contributed by atoms with E-state index in [2.05, 4.69) is 15.6 Å². The minimum Gasteiger partial charge on any atom is -0.452 e. The van der Waals surface area contributed by atoms with Crippen LogP contribution in [0.2, 0.25) is 0 Å². The summed E-state index contributed by atoms with van der Waals surface area (Å²) in [5.74, 6) is -1.40. The van der Waals surface area contributed by atoms with Gasteiger partial charge in [-0.05, 0) is 70.0 Å². The molecule has 7 nitrogen and oxygen atoms in total. The Morgan fingerprint density at radius 3 is 2.48 bits per heavy atom. The molecule has 0 saturated carbocycles. The van der Waals surface area contributed by atoms with Crippen molar-refractivity contribution in [2.45, 2.75) is 50.1 Å². The first-order chi connectivity index (χ1) is 13.5. The molecule has 0 saturated heterocycles. The highest BCUT2D eigenvalue weighted by Gasteiger charge is 2.19. The Morgan fingerprint density at radius 1 is 1.10 bits per heavy atom. The number of esters is 1. The van der Waals surface area contributed by atoms with Gasteiger partial charge in [-0.3, -0.25) is 10.1 Å². The lowest BCUT2D eigenvalue weighted by Crippen LogP contribution is -2.49.